The van der Waals surface area contributed by atoms with Gasteiger partial charge in [-0.2, -0.15) is 0 Å². The van der Waals surface area contributed by atoms with Crippen molar-refractivity contribution in [2.24, 2.45) is 17.6 Å². The Morgan fingerprint density at radius 1 is 1.00 bits per heavy atom. The number of rotatable bonds is 21. The van der Waals surface area contributed by atoms with Crippen LogP contribution in [0.3, 0.4) is 0 Å². The lowest BCUT2D eigenvalue weighted by atomic mass is 9.87. The number of H-pyrrole nitrogens is 1. The average molecular weight is 751 g/mol. The van der Waals surface area contributed by atoms with Gasteiger partial charge in [-0.25, -0.2) is 4.98 Å². The van der Waals surface area contributed by atoms with E-state index in [1.54, 1.807) is 24.3 Å². The van der Waals surface area contributed by atoms with Gasteiger partial charge in [0.2, 0.25) is 19.2 Å². The predicted octanol–water partition coefficient (Wildman–Crippen LogP) is 4.39. The number of nitrogens with two attached hydrogens (primary N) is 1. The maximum atomic E-state index is 14.2. The Hall–Kier alpha value is -4.32. The smallest absolute Gasteiger partial charge is 0.258 e. The minimum absolute atomic E-state index is 0.0322. The fraction of sp³-hybridized carbons (Fsp3) is 0.513. The number of nitrogens with one attached hydrogen (secondary N) is 4. The fourth-order valence-electron chi connectivity index (χ4n) is 6.70. The van der Waals surface area contributed by atoms with Crippen molar-refractivity contribution in [3.8, 4) is 5.75 Å². The van der Waals surface area contributed by atoms with Gasteiger partial charge in [0.05, 0.1) is 12.4 Å². The number of aromatic amines is 1. The Bertz CT molecular complexity index is 1670. The number of carbonyl (C=O) groups is 4. The number of hydrogen-bond donors (Lipinski definition) is 6. The molecule has 13 nitrogen and oxygen atoms in total. The van der Waals surface area contributed by atoms with Crippen LogP contribution in [0.4, 0.5) is 0 Å². The van der Waals surface area contributed by atoms with E-state index in [9.17, 15) is 28.6 Å². The number of amides is 3. The van der Waals surface area contributed by atoms with Crippen LogP contribution in [0.2, 0.25) is 0 Å². The monoisotopic (exact) mass is 750 g/mol. The molecule has 5 atom stereocenters. The number of nitrogens with zero attached hydrogens (tertiary/aromatic N) is 1. The van der Waals surface area contributed by atoms with Crippen LogP contribution in [0, 0.1) is 11.8 Å². The molecular weight excluding hydrogens is 695 g/mol. The van der Waals surface area contributed by atoms with Crippen molar-refractivity contribution in [3.05, 3.63) is 83.9 Å². The van der Waals surface area contributed by atoms with Gasteiger partial charge in [-0.3, -0.25) is 23.7 Å². The molecule has 288 valence electrons. The molecule has 0 spiro atoms. The quantitative estimate of drug-likeness (QED) is 0.0853. The SMILES string of the molecule is CCC(C)C(NC(=O)CP(=O)(O)C(CC1CCCCC1)NC(=O)C(Cc1cnc[nH]1)NC(=O)COc1ccccc1)C(=O)CCc1cccc(CN)c1. The van der Waals surface area contributed by atoms with E-state index in [-0.39, 0.29) is 43.5 Å². The molecule has 3 aromatic rings. The molecule has 1 aromatic heterocycles. The molecule has 14 heteroatoms. The molecule has 5 unspecified atom stereocenters. The lowest BCUT2D eigenvalue weighted by Gasteiger charge is -2.31. The number of imidazole rings is 1. The molecule has 0 radical (unpaired) electrons. The third kappa shape index (κ3) is 13.6. The molecule has 0 bridgehead atoms. The van der Waals surface area contributed by atoms with Crippen LogP contribution in [0.15, 0.2) is 67.1 Å². The number of aryl methyl sites for hydroxylation is 1. The fourth-order valence-corrected chi connectivity index (χ4v) is 8.38. The molecule has 3 amide bonds. The maximum absolute atomic E-state index is 14.2. The summed E-state index contributed by atoms with van der Waals surface area (Å²) in [6, 6.07) is 14.5. The van der Waals surface area contributed by atoms with E-state index in [0.717, 1.165) is 43.2 Å². The molecular formula is C39H55N6O7P. The minimum Gasteiger partial charge on any atom is -0.484 e. The van der Waals surface area contributed by atoms with Crippen LogP contribution in [-0.2, 0) is 43.1 Å². The van der Waals surface area contributed by atoms with Gasteiger partial charge in [-0.15, -0.1) is 0 Å². The molecule has 1 fully saturated rings. The summed E-state index contributed by atoms with van der Waals surface area (Å²) in [5.74, 6) is -3.04. The van der Waals surface area contributed by atoms with Crippen molar-refractivity contribution in [2.75, 3.05) is 12.8 Å². The highest BCUT2D eigenvalue weighted by molar-refractivity contribution is 7.59. The number of aromatic nitrogens is 2. The predicted molar refractivity (Wildman–Crippen MR) is 203 cm³/mol. The summed E-state index contributed by atoms with van der Waals surface area (Å²) < 4.78 is 19.7. The number of ketones is 1. The summed E-state index contributed by atoms with van der Waals surface area (Å²) >= 11 is 0. The van der Waals surface area contributed by atoms with Gasteiger partial charge >= 0.3 is 0 Å². The van der Waals surface area contributed by atoms with Crippen LogP contribution in [0.25, 0.3) is 0 Å². The van der Waals surface area contributed by atoms with Crippen molar-refractivity contribution in [1.82, 2.24) is 25.9 Å². The summed E-state index contributed by atoms with van der Waals surface area (Å²) in [5, 5.41) is 8.22. The summed E-state index contributed by atoms with van der Waals surface area (Å²) in [5.41, 5.74) is 8.26. The number of para-hydroxylation sites is 1. The maximum Gasteiger partial charge on any atom is 0.258 e. The lowest BCUT2D eigenvalue weighted by molar-refractivity contribution is -0.130. The number of Topliss-reactive ketones (excluding diaryl/α,β-unsaturated/α-hetero) is 1. The number of ether oxygens (including phenoxy) is 1. The van der Waals surface area contributed by atoms with Gasteiger partial charge in [0.1, 0.15) is 23.7 Å². The first-order valence-corrected chi connectivity index (χ1v) is 20.5. The van der Waals surface area contributed by atoms with E-state index in [0.29, 0.717) is 30.8 Å². The molecule has 1 heterocycles. The van der Waals surface area contributed by atoms with Gasteiger partial charge < -0.3 is 36.3 Å². The van der Waals surface area contributed by atoms with E-state index in [1.165, 1.54) is 12.5 Å². The van der Waals surface area contributed by atoms with Gasteiger partial charge in [0, 0.05) is 31.3 Å². The molecule has 1 aliphatic carbocycles. The zero-order valence-electron chi connectivity index (χ0n) is 30.8. The molecule has 4 rings (SSSR count). The molecule has 1 saturated carbocycles. The van der Waals surface area contributed by atoms with Gasteiger partial charge in [0.15, 0.2) is 12.4 Å². The van der Waals surface area contributed by atoms with Crippen molar-refractivity contribution < 1.29 is 33.4 Å². The summed E-state index contributed by atoms with van der Waals surface area (Å²) in [4.78, 5) is 72.3. The Morgan fingerprint density at radius 3 is 2.42 bits per heavy atom. The highest BCUT2D eigenvalue weighted by Crippen LogP contribution is 2.48. The zero-order valence-corrected chi connectivity index (χ0v) is 31.7. The second kappa shape index (κ2) is 20.8. The third-order valence-corrected chi connectivity index (χ3v) is 12.0. The van der Waals surface area contributed by atoms with Crippen LogP contribution in [0.5, 0.6) is 5.75 Å². The van der Waals surface area contributed by atoms with E-state index >= 15 is 0 Å². The molecule has 0 aliphatic heterocycles. The lowest BCUT2D eigenvalue weighted by Crippen LogP contribution is -2.52. The number of carbonyl (C=O) groups excluding carboxylic acids is 4. The van der Waals surface area contributed by atoms with E-state index in [4.69, 9.17) is 10.5 Å². The van der Waals surface area contributed by atoms with Gasteiger partial charge in [-0.05, 0) is 47.9 Å². The summed E-state index contributed by atoms with van der Waals surface area (Å²) in [6.45, 7) is 3.82. The summed E-state index contributed by atoms with van der Waals surface area (Å²) in [6.07, 6.45) is 8.38. The topological polar surface area (TPSA) is 206 Å². The number of benzene rings is 2. The normalized spacial score (nSPS) is 16.7. The van der Waals surface area contributed by atoms with Gasteiger partial charge in [0.25, 0.3) is 5.91 Å². The standard InChI is InChI=1S/C39H55N6O7P/c1-3-27(2)38(34(46)18-17-29-13-10-14-30(19-29)22-40)44-36(48)25-53(50,51)37(20-28-11-6-4-7-12-28)45-39(49)33(21-31-23-41-26-42-31)43-35(47)24-52-32-15-8-5-9-16-32/h5,8-10,13-16,19,23,26-28,33,37-38H,3-4,6-7,11-12,17-18,20-22,24-25,40H2,1-2H3,(H,41,42)(H,43,47)(H,44,48)(H,45,49)(H,50,51). The van der Waals surface area contributed by atoms with Crippen LogP contribution in [-0.4, -0.2) is 69.0 Å². The van der Waals surface area contributed by atoms with Crippen molar-refractivity contribution >= 4 is 30.9 Å². The Kier molecular flexibility index (Phi) is 16.3. The van der Waals surface area contributed by atoms with Crippen LogP contribution >= 0.6 is 7.37 Å². The second-order valence-electron chi connectivity index (χ2n) is 14.1. The first-order chi connectivity index (χ1) is 25.5. The first kappa shape index (κ1) is 41.4. The third-order valence-electron chi connectivity index (χ3n) is 9.95. The van der Waals surface area contributed by atoms with Crippen molar-refractivity contribution in [3.63, 3.8) is 0 Å². The Labute approximate surface area is 312 Å². The Morgan fingerprint density at radius 2 is 1.74 bits per heavy atom. The molecule has 0 saturated heterocycles. The average Bonchev–Trinajstić information content (AvgIpc) is 3.68. The van der Waals surface area contributed by atoms with E-state index in [2.05, 4.69) is 25.9 Å². The first-order valence-electron chi connectivity index (χ1n) is 18.6. The Balaban J connectivity index is 1.46. The largest absolute Gasteiger partial charge is 0.484 e. The van der Waals surface area contributed by atoms with Crippen molar-refractivity contribution in [2.45, 2.75) is 102 Å². The molecule has 7 N–H and O–H groups in total. The minimum atomic E-state index is -4.40. The van der Waals surface area contributed by atoms with Crippen molar-refractivity contribution in [1.29, 1.82) is 0 Å². The van der Waals surface area contributed by atoms with E-state index < -0.39 is 49.1 Å². The highest BCUT2D eigenvalue weighted by Gasteiger charge is 2.39. The second-order valence-corrected chi connectivity index (χ2v) is 16.6. The van der Waals surface area contributed by atoms with Crippen LogP contribution in [0.1, 0.15) is 82.0 Å². The summed E-state index contributed by atoms with van der Waals surface area (Å²) in [7, 11) is -4.40. The molecule has 2 aromatic carbocycles. The van der Waals surface area contributed by atoms with E-state index in [1.807, 2.05) is 44.2 Å². The highest BCUT2D eigenvalue weighted by atomic mass is 31.2. The van der Waals surface area contributed by atoms with Crippen LogP contribution < -0.4 is 26.4 Å². The van der Waals surface area contributed by atoms with Gasteiger partial charge in [-0.1, -0.05) is 94.8 Å². The number of hydrogen-bond acceptors (Lipinski definition) is 8. The molecule has 1 aliphatic rings. The zero-order chi connectivity index (χ0) is 38.2. The molecule has 53 heavy (non-hydrogen) atoms.